The van der Waals surface area contributed by atoms with Crippen LogP contribution in [0.2, 0.25) is 5.02 Å². The lowest BCUT2D eigenvalue weighted by atomic mass is 9.87. The van der Waals surface area contributed by atoms with Crippen molar-refractivity contribution in [1.29, 1.82) is 0 Å². The predicted octanol–water partition coefficient (Wildman–Crippen LogP) is 6.76. The summed E-state index contributed by atoms with van der Waals surface area (Å²) in [5, 5.41) is 8.41. The molecule has 0 spiro atoms. The Labute approximate surface area is 248 Å². The number of aromatic nitrogens is 2. The van der Waals surface area contributed by atoms with Crippen LogP contribution in [0.5, 0.6) is 0 Å². The smallest absolute Gasteiger partial charge is 0.240 e. The molecule has 1 N–H and O–H groups in total. The van der Waals surface area contributed by atoms with E-state index in [1.807, 2.05) is 60.1 Å². The number of hydrogen-bond donors (Lipinski definition) is 1. The summed E-state index contributed by atoms with van der Waals surface area (Å²) in [6.07, 6.45) is 0. The summed E-state index contributed by atoms with van der Waals surface area (Å²) in [7, 11) is 0. The summed E-state index contributed by atoms with van der Waals surface area (Å²) in [5.41, 5.74) is 4.93. The number of carbonyl (C=O) groups excluding carboxylic acids is 2. The molecule has 0 saturated carbocycles. The van der Waals surface area contributed by atoms with Crippen molar-refractivity contribution < 1.29 is 14.0 Å². The molecule has 1 aliphatic heterocycles. The van der Waals surface area contributed by atoms with Gasteiger partial charge in [0, 0.05) is 22.5 Å². The molecule has 9 heteroatoms. The van der Waals surface area contributed by atoms with Gasteiger partial charge in [0.05, 0.1) is 22.4 Å². The van der Waals surface area contributed by atoms with Crippen molar-refractivity contribution in [3.63, 3.8) is 0 Å². The molecule has 4 aromatic rings. The first-order valence-electron chi connectivity index (χ1n) is 13.4. The highest BCUT2D eigenvalue weighted by molar-refractivity contribution is 8.00. The molecule has 0 bridgehead atoms. The molecule has 0 radical (unpaired) electrons. The van der Waals surface area contributed by atoms with Crippen LogP contribution in [0.15, 0.2) is 72.8 Å². The Balaban J connectivity index is 1.64. The van der Waals surface area contributed by atoms with Crippen LogP contribution in [0, 0.1) is 12.7 Å². The minimum absolute atomic E-state index is 0.175. The molecule has 2 amide bonds. The molecule has 1 aromatic heterocycles. The standard InChI is InChI=1S/C32H32ClFN4O2S/c1-20-8-5-6-11-25(20)38-31-28(30(36-38)32(2,3)4)29(22-9-7-10-23(33)16-22)41-19-27(40)37(31)18-26(39)35-17-21-12-14-24(34)15-13-21/h5-16,29H,17-19H2,1-4H3,(H,35,39). The minimum atomic E-state index is -0.362. The Kier molecular flexibility index (Phi) is 8.25. The van der Waals surface area contributed by atoms with Crippen LogP contribution in [0.4, 0.5) is 10.2 Å². The number of para-hydroxylation sites is 1. The van der Waals surface area contributed by atoms with Crippen LogP contribution in [0.3, 0.4) is 0 Å². The van der Waals surface area contributed by atoms with E-state index in [4.69, 9.17) is 16.7 Å². The molecular weight excluding hydrogens is 559 g/mol. The maximum atomic E-state index is 13.8. The maximum absolute atomic E-state index is 13.8. The SMILES string of the molecule is Cc1ccccc1-n1nc(C(C)(C)C)c2c1N(CC(=O)NCc1ccc(F)cc1)C(=O)CSC2c1cccc(Cl)c1. The second-order valence-corrected chi connectivity index (χ2v) is 12.7. The van der Waals surface area contributed by atoms with Crippen molar-refractivity contribution in [2.45, 2.75) is 44.9 Å². The average molecular weight is 591 g/mol. The Morgan fingerprint density at radius 1 is 1.10 bits per heavy atom. The van der Waals surface area contributed by atoms with Gasteiger partial charge in [0.2, 0.25) is 11.8 Å². The highest BCUT2D eigenvalue weighted by Crippen LogP contribution is 2.48. The third kappa shape index (κ3) is 6.19. The topological polar surface area (TPSA) is 67.2 Å². The molecule has 0 aliphatic carbocycles. The second-order valence-electron chi connectivity index (χ2n) is 11.2. The van der Waals surface area contributed by atoms with Crippen LogP contribution in [0.1, 0.15) is 54.0 Å². The summed E-state index contributed by atoms with van der Waals surface area (Å²) in [6.45, 7) is 8.34. The van der Waals surface area contributed by atoms with Crippen LogP contribution in [-0.4, -0.2) is 33.9 Å². The van der Waals surface area contributed by atoms with Gasteiger partial charge >= 0.3 is 0 Å². The van der Waals surface area contributed by atoms with E-state index >= 15 is 0 Å². The largest absolute Gasteiger partial charge is 0.350 e. The fourth-order valence-corrected chi connectivity index (χ4v) is 6.36. The van der Waals surface area contributed by atoms with Crippen LogP contribution < -0.4 is 10.2 Å². The minimum Gasteiger partial charge on any atom is -0.350 e. The Bertz CT molecular complexity index is 1600. The van der Waals surface area contributed by atoms with Gasteiger partial charge in [0.1, 0.15) is 18.2 Å². The van der Waals surface area contributed by atoms with Gasteiger partial charge in [0.25, 0.3) is 0 Å². The molecule has 212 valence electrons. The average Bonchev–Trinajstić information content (AvgIpc) is 3.26. The van der Waals surface area contributed by atoms with Gasteiger partial charge in [-0.1, -0.05) is 74.8 Å². The summed E-state index contributed by atoms with van der Waals surface area (Å²) in [4.78, 5) is 28.7. The zero-order chi connectivity index (χ0) is 29.3. The van der Waals surface area contributed by atoms with E-state index < -0.39 is 0 Å². The molecule has 1 unspecified atom stereocenters. The van der Waals surface area contributed by atoms with Crippen LogP contribution in [-0.2, 0) is 21.5 Å². The van der Waals surface area contributed by atoms with Crippen LogP contribution >= 0.6 is 23.4 Å². The Morgan fingerprint density at radius 2 is 1.83 bits per heavy atom. The molecule has 1 atom stereocenters. The van der Waals surface area contributed by atoms with Crippen LogP contribution in [0.25, 0.3) is 5.69 Å². The summed E-state index contributed by atoms with van der Waals surface area (Å²) in [6, 6.07) is 21.5. The molecule has 2 heterocycles. The summed E-state index contributed by atoms with van der Waals surface area (Å²) >= 11 is 7.93. The fourth-order valence-electron chi connectivity index (χ4n) is 4.98. The first kappa shape index (κ1) is 28.9. The molecule has 41 heavy (non-hydrogen) atoms. The quantitative estimate of drug-likeness (QED) is 0.269. The van der Waals surface area contributed by atoms with Crippen molar-refractivity contribution >= 4 is 41.0 Å². The number of anilines is 1. The lowest BCUT2D eigenvalue weighted by molar-refractivity contribution is -0.123. The van der Waals surface area contributed by atoms with E-state index in [2.05, 4.69) is 26.1 Å². The van der Waals surface area contributed by atoms with Gasteiger partial charge in [-0.15, -0.1) is 11.8 Å². The number of rotatable bonds is 6. The molecule has 0 saturated heterocycles. The fraction of sp³-hybridized carbons (Fsp3) is 0.281. The van der Waals surface area contributed by atoms with E-state index in [1.165, 1.54) is 23.9 Å². The molecule has 6 nitrogen and oxygen atoms in total. The van der Waals surface area contributed by atoms with Gasteiger partial charge < -0.3 is 5.32 Å². The van der Waals surface area contributed by atoms with Gasteiger partial charge in [-0.25, -0.2) is 9.07 Å². The predicted molar refractivity (Wildman–Crippen MR) is 163 cm³/mol. The van der Waals surface area contributed by atoms with E-state index in [0.29, 0.717) is 10.8 Å². The van der Waals surface area contributed by atoms with Gasteiger partial charge in [0.15, 0.2) is 0 Å². The Hall–Kier alpha value is -3.62. The second kappa shape index (κ2) is 11.7. The van der Waals surface area contributed by atoms with Gasteiger partial charge in [-0.3, -0.25) is 14.5 Å². The first-order valence-corrected chi connectivity index (χ1v) is 14.8. The van der Waals surface area contributed by atoms with Crippen molar-refractivity contribution in [2.75, 3.05) is 17.2 Å². The number of hydrogen-bond acceptors (Lipinski definition) is 4. The molecule has 3 aromatic carbocycles. The molecule has 5 rings (SSSR count). The zero-order valence-electron chi connectivity index (χ0n) is 23.4. The number of fused-ring (bicyclic) bond motifs is 1. The third-order valence-electron chi connectivity index (χ3n) is 7.00. The number of carbonyl (C=O) groups is 2. The maximum Gasteiger partial charge on any atom is 0.240 e. The number of nitrogens with one attached hydrogen (secondary N) is 1. The third-order valence-corrected chi connectivity index (χ3v) is 8.49. The van der Waals surface area contributed by atoms with Crippen molar-refractivity contribution in [1.82, 2.24) is 15.1 Å². The number of halogens is 2. The number of amides is 2. The van der Waals surface area contributed by atoms with E-state index in [-0.39, 0.29) is 47.1 Å². The first-order chi connectivity index (χ1) is 19.5. The van der Waals surface area contributed by atoms with E-state index in [1.54, 1.807) is 17.0 Å². The highest BCUT2D eigenvalue weighted by atomic mass is 35.5. The molecule has 1 aliphatic rings. The number of nitrogens with zero attached hydrogens (tertiary/aromatic N) is 3. The number of aryl methyl sites for hydroxylation is 1. The Morgan fingerprint density at radius 3 is 2.51 bits per heavy atom. The molecular formula is C32H32ClFN4O2S. The lowest BCUT2D eigenvalue weighted by Gasteiger charge is -2.25. The van der Waals surface area contributed by atoms with Gasteiger partial charge in [-0.05, 0) is 53.9 Å². The van der Waals surface area contributed by atoms with E-state index in [9.17, 15) is 14.0 Å². The molecule has 0 fully saturated rings. The zero-order valence-corrected chi connectivity index (χ0v) is 25.0. The van der Waals surface area contributed by atoms with Gasteiger partial charge in [-0.2, -0.15) is 5.10 Å². The lowest BCUT2D eigenvalue weighted by Crippen LogP contribution is -2.42. The summed E-state index contributed by atoms with van der Waals surface area (Å²) < 4.78 is 15.2. The van der Waals surface area contributed by atoms with Crippen molar-refractivity contribution in [3.8, 4) is 5.69 Å². The van der Waals surface area contributed by atoms with Crippen molar-refractivity contribution in [3.05, 3.63) is 112 Å². The number of thioether (sulfide) groups is 1. The monoisotopic (exact) mass is 590 g/mol. The highest BCUT2D eigenvalue weighted by Gasteiger charge is 2.40. The summed E-state index contributed by atoms with van der Waals surface area (Å²) in [5.74, 6) is -0.0913. The number of benzene rings is 3. The van der Waals surface area contributed by atoms with Crippen molar-refractivity contribution in [2.24, 2.45) is 0 Å². The normalized spacial score (nSPS) is 15.4. The van der Waals surface area contributed by atoms with E-state index in [0.717, 1.165) is 33.6 Å².